The highest BCUT2D eigenvalue weighted by Gasteiger charge is 2.33. The van der Waals surface area contributed by atoms with Gasteiger partial charge in [-0.3, -0.25) is 0 Å². The summed E-state index contributed by atoms with van der Waals surface area (Å²) in [4.78, 5) is 13.3. The fourth-order valence-electron chi connectivity index (χ4n) is 1.57. The SMILES string of the molecule is C=CCN(CC=C)C(=O)Nc1ccc(Cl)c(C(F)(F)F)c1. The van der Waals surface area contributed by atoms with E-state index in [-0.39, 0.29) is 18.8 Å². The van der Waals surface area contributed by atoms with Crippen LogP contribution in [0.3, 0.4) is 0 Å². The van der Waals surface area contributed by atoms with E-state index in [9.17, 15) is 18.0 Å². The Morgan fingerprint density at radius 2 is 1.86 bits per heavy atom. The number of hydrogen-bond acceptors (Lipinski definition) is 1. The molecule has 0 saturated carbocycles. The summed E-state index contributed by atoms with van der Waals surface area (Å²) in [7, 11) is 0. The molecule has 0 radical (unpaired) electrons. The van der Waals surface area contributed by atoms with Crippen LogP contribution in [-0.2, 0) is 6.18 Å². The summed E-state index contributed by atoms with van der Waals surface area (Å²) in [6, 6.07) is 2.63. The molecule has 0 aliphatic carbocycles. The van der Waals surface area contributed by atoms with Crippen LogP contribution in [-0.4, -0.2) is 24.0 Å². The van der Waals surface area contributed by atoms with Crippen molar-refractivity contribution in [2.45, 2.75) is 6.18 Å². The molecule has 21 heavy (non-hydrogen) atoms. The molecule has 0 spiro atoms. The molecule has 0 unspecified atom stereocenters. The highest BCUT2D eigenvalue weighted by atomic mass is 35.5. The summed E-state index contributed by atoms with van der Waals surface area (Å²) >= 11 is 5.51. The van der Waals surface area contributed by atoms with Crippen molar-refractivity contribution in [3.05, 3.63) is 54.1 Å². The molecular weight excluding hydrogens is 305 g/mol. The van der Waals surface area contributed by atoms with Crippen molar-refractivity contribution in [3.63, 3.8) is 0 Å². The number of carbonyl (C=O) groups is 1. The Morgan fingerprint density at radius 1 is 1.29 bits per heavy atom. The Morgan fingerprint density at radius 3 is 2.33 bits per heavy atom. The lowest BCUT2D eigenvalue weighted by Gasteiger charge is -2.20. The van der Waals surface area contributed by atoms with Gasteiger partial charge >= 0.3 is 12.2 Å². The van der Waals surface area contributed by atoms with E-state index in [0.717, 1.165) is 12.1 Å². The molecule has 0 aromatic heterocycles. The zero-order chi connectivity index (χ0) is 16.0. The van der Waals surface area contributed by atoms with Crippen molar-refractivity contribution >= 4 is 23.3 Å². The average molecular weight is 319 g/mol. The minimum absolute atomic E-state index is 0.00912. The first-order valence-corrected chi connectivity index (χ1v) is 6.32. The van der Waals surface area contributed by atoms with Crippen molar-refractivity contribution < 1.29 is 18.0 Å². The van der Waals surface area contributed by atoms with Gasteiger partial charge in [0.2, 0.25) is 0 Å². The minimum Gasteiger partial charge on any atom is -0.317 e. The predicted molar refractivity (Wildman–Crippen MR) is 77.4 cm³/mol. The van der Waals surface area contributed by atoms with Gasteiger partial charge in [0.15, 0.2) is 0 Å². The van der Waals surface area contributed by atoms with Gasteiger partial charge in [0.05, 0.1) is 10.6 Å². The quantitative estimate of drug-likeness (QED) is 0.793. The summed E-state index contributed by atoms with van der Waals surface area (Å²) in [5, 5.41) is 1.96. The molecule has 0 aliphatic heterocycles. The second-order valence-electron chi connectivity index (χ2n) is 4.10. The Kier molecular flexibility index (Phi) is 5.84. The van der Waals surface area contributed by atoms with Gasteiger partial charge in [-0.25, -0.2) is 4.79 Å². The van der Waals surface area contributed by atoms with Crippen LogP contribution >= 0.6 is 11.6 Å². The van der Waals surface area contributed by atoms with Gasteiger partial charge < -0.3 is 10.2 Å². The molecule has 3 nitrogen and oxygen atoms in total. The first kappa shape index (κ1) is 17.1. The van der Waals surface area contributed by atoms with Crippen molar-refractivity contribution in [2.24, 2.45) is 0 Å². The first-order chi connectivity index (χ1) is 9.79. The van der Waals surface area contributed by atoms with Crippen molar-refractivity contribution in [1.82, 2.24) is 4.90 Å². The predicted octanol–water partition coefficient (Wildman–Crippen LogP) is 4.56. The Hall–Kier alpha value is -1.95. The van der Waals surface area contributed by atoms with E-state index >= 15 is 0 Å². The molecule has 1 rings (SSSR count). The Labute approximate surface area is 125 Å². The van der Waals surface area contributed by atoms with Gasteiger partial charge in [0.25, 0.3) is 0 Å². The van der Waals surface area contributed by atoms with Crippen LogP contribution < -0.4 is 5.32 Å². The number of nitrogens with one attached hydrogen (secondary N) is 1. The summed E-state index contributed by atoms with van der Waals surface area (Å²) in [5.41, 5.74) is -0.990. The first-order valence-electron chi connectivity index (χ1n) is 5.94. The largest absolute Gasteiger partial charge is 0.417 e. The number of rotatable bonds is 5. The molecule has 1 N–H and O–H groups in total. The highest BCUT2D eigenvalue weighted by Crippen LogP contribution is 2.36. The van der Waals surface area contributed by atoms with E-state index in [1.807, 2.05) is 0 Å². The maximum atomic E-state index is 12.7. The summed E-state index contributed by atoms with van der Waals surface area (Å²) in [6.45, 7) is 7.51. The summed E-state index contributed by atoms with van der Waals surface area (Å²) < 4.78 is 38.2. The van der Waals surface area contributed by atoms with Gasteiger partial charge in [0, 0.05) is 18.8 Å². The molecule has 1 aromatic carbocycles. The third kappa shape index (κ3) is 4.82. The van der Waals surface area contributed by atoms with Crippen LogP contribution in [0.1, 0.15) is 5.56 Å². The minimum atomic E-state index is -4.58. The Bertz CT molecular complexity index is 534. The lowest BCUT2D eigenvalue weighted by molar-refractivity contribution is -0.137. The number of alkyl halides is 3. The number of anilines is 1. The number of amides is 2. The van der Waals surface area contributed by atoms with Gasteiger partial charge in [-0.1, -0.05) is 23.8 Å². The fraction of sp³-hybridized carbons (Fsp3) is 0.214. The molecule has 114 valence electrons. The maximum absolute atomic E-state index is 12.7. The van der Waals surface area contributed by atoms with Crippen LogP contribution in [0.15, 0.2) is 43.5 Å². The number of benzene rings is 1. The van der Waals surface area contributed by atoms with E-state index in [4.69, 9.17) is 11.6 Å². The van der Waals surface area contributed by atoms with Crippen LogP contribution in [0.5, 0.6) is 0 Å². The van der Waals surface area contributed by atoms with Gasteiger partial charge in [-0.05, 0) is 18.2 Å². The molecule has 0 saturated heterocycles. The fourth-order valence-corrected chi connectivity index (χ4v) is 1.80. The molecule has 0 fully saturated rings. The zero-order valence-corrected chi connectivity index (χ0v) is 11.8. The van der Waals surface area contributed by atoms with E-state index in [2.05, 4.69) is 18.5 Å². The molecule has 1 aromatic rings. The van der Waals surface area contributed by atoms with E-state index in [0.29, 0.717) is 0 Å². The van der Waals surface area contributed by atoms with E-state index in [1.165, 1.54) is 23.1 Å². The summed E-state index contributed by atoms with van der Waals surface area (Å²) in [6.07, 6.45) is -1.57. The van der Waals surface area contributed by atoms with Crippen LogP contribution in [0.2, 0.25) is 5.02 Å². The Balaban J connectivity index is 2.94. The van der Waals surface area contributed by atoms with Crippen molar-refractivity contribution in [3.8, 4) is 0 Å². The average Bonchev–Trinajstić information content (AvgIpc) is 2.39. The highest BCUT2D eigenvalue weighted by molar-refractivity contribution is 6.31. The van der Waals surface area contributed by atoms with Gasteiger partial charge in [-0.2, -0.15) is 13.2 Å². The van der Waals surface area contributed by atoms with Crippen LogP contribution in [0.25, 0.3) is 0 Å². The normalized spacial score (nSPS) is 10.9. The monoisotopic (exact) mass is 318 g/mol. The number of urea groups is 1. The maximum Gasteiger partial charge on any atom is 0.417 e. The lowest BCUT2D eigenvalue weighted by atomic mass is 10.2. The number of halogens is 4. The number of carbonyl (C=O) groups excluding carboxylic acids is 1. The molecular formula is C14H14ClF3N2O. The zero-order valence-electron chi connectivity index (χ0n) is 11.1. The van der Waals surface area contributed by atoms with Crippen molar-refractivity contribution in [1.29, 1.82) is 0 Å². The molecule has 0 atom stereocenters. The second kappa shape index (κ2) is 7.17. The number of nitrogens with zero attached hydrogens (tertiary/aromatic N) is 1. The van der Waals surface area contributed by atoms with E-state index < -0.39 is 22.8 Å². The summed E-state index contributed by atoms with van der Waals surface area (Å²) in [5.74, 6) is 0. The standard InChI is InChI=1S/C14H14ClF3N2O/c1-3-7-20(8-4-2)13(21)19-10-5-6-12(15)11(9-10)14(16,17)18/h3-6,9H,1-2,7-8H2,(H,19,21). The second-order valence-corrected chi connectivity index (χ2v) is 4.51. The van der Waals surface area contributed by atoms with Crippen molar-refractivity contribution in [2.75, 3.05) is 18.4 Å². The smallest absolute Gasteiger partial charge is 0.317 e. The van der Waals surface area contributed by atoms with Gasteiger partial charge in [0.1, 0.15) is 0 Å². The molecule has 0 aliphatic rings. The lowest BCUT2D eigenvalue weighted by Crippen LogP contribution is -2.35. The topological polar surface area (TPSA) is 32.3 Å². The molecule has 0 heterocycles. The number of hydrogen-bond donors (Lipinski definition) is 1. The molecule has 7 heteroatoms. The third-order valence-corrected chi connectivity index (χ3v) is 2.84. The molecule has 0 bridgehead atoms. The van der Waals surface area contributed by atoms with E-state index in [1.54, 1.807) is 0 Å². The van der Waals surface area contributed by atoms with Crippen LogP contribution in [0, 0.1) is 0 Å². The molecule has 2 amide bonds. The van der Waals surface area contributed by atoms with Crippen LogP contribution in [0.4, 0.5) is 23.7 Å². The third-order valence-electron chi connectivity index (χ3n) is 2.51. The van der Waals surface area contributed by atoms with Gasteiger partial charge in [-0.15, -0.1) is 13.2 Å².